The van der Waals surface area contributed by atoms with Gasteiger partial charge in [-0.1, -0.05) is 0 Å². The molecule has 0 aromatic heterocycles. The molecule has 2 aliphatic rings. The van der Waals surface area contributed by atoms with Crippen molar-refractivity contribution in [3.05, 3.63) is 29.8 Å². The molecule has 2 aliphatic heterocycles. The third-order valence-corrected chi connectivity index (χ3v) is 9.58. The predicted octanol–water partition coefficient (Wildman–Crippen LogP) is -0.623. The molecule has 3 rings (SSSR count). The number of hydrogen-bond acceptors (Lipinski definition) is 2. The number of halogens is 3. The van der Waals surface area contributed by atoms with Crippen molar-refractivity contribution >= 4 is 18.2 Å². The van der Waals surface area contributed by atoms with Crippen LogP contribution in [0.5, 0.6) is 0 Å². The van der Waals surface area contributed by atoms with Crippen molar-refractivity contribution < 1.29 is 34.6 Å². The van der Waals surface area contributed by atoms with Crippen LogP contribution in [-0.4, -0.2) is 50.0 Å². The van der Waals surface area contributed by atoms with E-state index in [-0.39, 0.29) is 56.1 Å². The molecule has 0 aliphatic carbocycles. The van der Waals surface area contributed by atoms with E-state index in [0.29, 0.717) is 5.56 Å². The second-order valence-electron chi connectivity index (χ2n) is 7.56. The quantitative estimate of drug-likeness (QED) is 0.216. The monoisotopic (exact) mass is 447 g/mol. The average Bonchev–Trinajstić information content (AvgIpc) is 2.47. The Morgan fingerprint density at radius 2 is 1.75 bits per heavy atom. The number of benzene rings is 1. The molecule has 0 spiro atoms. The topological polar surface area (TPSA) is 36.3 Å². The summed E-state index contributed by atoms with van der Waals surface area (Å²) in [7, 11) is 0. The van der Waals surface area contributed by atoms with Gasteiger partial charge in [0.25, 0.3) is 0 Å². The standard InChI is InChI=1S/C17H23BF2IN2O/c1-15(2)16(3,4)24-18(11-21-15)13-7-5-12(6-8-13)14(22)23-9-17(19,20)10-23/h5-8,22H,9-11H2,1-4H3/q-1. The van der Waals surface area contributed by atoms with Crippen LogP contribution in [0.2, 0.25) is 0 Å². The number of alkyl halides is 4. The molecule has 0 saturated carbocycles. The van der Waals surface area contributed by atoms with Gasteiger partial charge in [-0.3, -0.25) is 0 Å². The number of hydrogen-bond donors (Lipinski definition) is 1. The molecule has 1 aromatic rings. The summed E-state index contributed by atoms with van der Waals surface area (Å²) in [6, 6.07) is 7.65. The van der Waals surface area contributed by atoms with Crippen molar-refractivity contribution in [2.45, 2.75) is 42.6 Å². The summed E-state index contributed by atoms with van der Waals surface area (Å²) >= 11 is 0.0179. The Kier molecular flexibility index (Phi) is 4.48. The zero-order valence-corrected chi connectivity index (χ0v) is 16.7. The van der Waals surface area contributed by atoms with Crippen LogP contribution in [0, 0.1) is 5.41 Å². The molecule has 24 heavy (non-hydrogen) atoms. The van der Waals surface area contributed by atoms with Crippen molar-refractivity contribution in [2.75, 3.05) is 17.4 Å². The van der Waals surface area contributed by atoms with Gasteiger partial charge in [0.15, 0.2) is 0 Å². The minimum atomic E-state index is -2.65. The van der Waals surface area contributed by atoms with Crippen LogP contribution in [0.4, 0.5) is 8.78 Å². The Morgan fingerprint density at radius 3 is 2.25 bits per heavy atom. The van der Waals surface area contributed by atoms with Gasteiger partial charge < -0.3 is 0 Å². The molecule has 7 heteroatoms. The second-order valence-corrected chi connectivity index (χ2v) is 11.9. The minimum absolute atomic E-state index is 0.0179. The molecule has 0 atom stereocenters. The summed E-state index contributed by atoms with van der Waals surface area (Å²) in [5, 5.41) is 8.06. The first-order valence-electron chi connectivity index (χ1n) is 8.11. The fraction of sp³-hybridized carbons (Fsp3) is 0.588. The maximum atomic E-state index is 13.0. The molecule has 1 aromatic carbocycles. The number of rotatable bonds is 2. The molecule has 3 nitrogen and oxygen atoms in total. The molecular weight excluding hydrogens is 424 g/mol. The van der Waals surface area contributed by atoms with Gasteiger partial charge in [-0.05, 0) is 0 Å². The van der Waals surface area contributed by atoms with Gasteiger partial charge in [0.05, 0.1) is 0 Å². The SMILES string of the molecule is CC1(C)OB(c2ccc(C(=N)N3CC(F)(F)C3)cc2)C[I-]C1(C)C. The molecule has 0 radical (unpaired) electrons. The van der Waals surface area contributed by atoms with Gasteiger partial charge in [-0.15, -0.1) is 0 Å². The summed E-state index contributed by atoms with van der Waals surface area (Å²) in [5.41, 5.74) is 1.64. The van der Waals surface area contributed by atoms with Crippen molar-refractivity contribution in [3.63, 3.8) is 0 Å². The third-order valence-electron chi connectivity index (χ3n) is 5.14. The molecule has 0 bridgehead atoms. The van der Waals surface area contributed by atoms with Gasteiger partial charge in [0.1, 0.15) is 0 Å². The molecule has 2 saturated heterocycles. The van der Waals surface area contributed by atoms with Crippen molar-refractivity contribution in [1.82, 2.24) is 4.90 Å². The van der Waals surface area contributed by atoms with Crippen LogP contribution >= 0.6 is 0 Å². The van der Waals surface area contributed by atoms with E-state index >= 15 is 0 Å². The fourth-order valence-corrected chi connectivity index (χ4v) is 6.05. The Balaban J connectivity index is 1.68. The van der Waals surface area contributed by atoms with E-state index in [0.717, 1.165) is 9.79 Å². The fourth-order valence-electron chi connectivity index (χ4n) is 2.82. The summed E-state index contributed by atoms with van der Waals surface area (Å²) in [6.45, 7) is 8.27. The summed E-state index contributed by atoms with van der Waals surface area (Å²) in [5.74, 6) is -2.48. The summed E-state index contributed by atoms with van der Waals surface area (Å²) in [6.07, 6.45) is 0. The number of nitrogens with zero attached hydrogens (tertiary/aromatic N) is 1. The number of nitrogens with one attached hydrogen (secondary N) is 1. The zero-order valence-electron chi connectivity index (χ0n) is 14.5. The van der Waals surface area contributed by atoms with Gasteiger partial charge in [-0.2, -0.15) is 0 Å². The molecule has 132 valence electrons. The van der Waals surface area contributed by atoms with E-state index in [4.69, 9.17) is 10.1 Å². The van der Waals surface area contributed by atoms with Gasteiger partial charge in [0.2, 0.25) is 0 Å². The Morgan fingerprint density at radius 1 is 1.17 bits per heavy atom. The van der Waals surface area contributed by atoms with E-state index in [9.17, 15) is 8.78 Å². The van der Waals surface area contributed by atoms with E-state index in [2.05, 4.69) is 27.7 Å². The first kappa shape index (κ1) is 18.1. The first-order valence-corrected chi connectivity index (χ1v) is 10.7. The Hall–Kier alpha value is -0.695. The van der Waals surface area contributed by atoms with E-state index in [1.807, 2.05) is 24.3 Å². The van der Waals surface area contributed by atoms with Crippen LogP contribution in [-0.2, 0) is 4.65 Å². The van der Waals surface area contributed by atoms with E-state index in [1.54, 1.807) is 0 Å². The molecule has 2 heterocycles. The molecule has 0 unspecified atom stereocenters. The molecule has 2 fully saturated rings. The average molecular weight is 447 g/mol. The number of amidine groups is 1. The van der Waals surface area contributed by atoms with Gasteiger partial charge in [0, 0.05) is 0 Å². The first-order chi connectivity index (χ1) is 11.0. The van der Waals surface area contributed by atoms with Crippen molar-refractivity contribution in [3.8, 4) is 0 Å². The van der Waals surface area contributed by atoms with Crippen LogP contribution < -0.4 is 26.7 Å². The second kappa shape index (κ2) is 5.93. The van der Waals surface area contributed by atoms with Crippen LogP contribution in [0.3, 0.4) is 0 Å². The normalized spacial score (nSPS) is 24.8. The third kappa shape index (κ3) is 3.34. The van der Waals surface area contributed by atoms with E-state index in [1.165, 1.54) is 4.90 Å². The van der Waals surface area contributed by atoms with Crippen LogP contribution in [0.25, 0.3) is 0 Å². The number of likely N-dealkylation sites (tertiary alicyclic amines) is 1. The summed E-state index contributed by atoms with van der Waals surface area (Å²) < 4.78 is 33.6. The Labute approximate surface area is 153 Å². The summed E-state index contributed by atoms with van der Waals surface area (Å²) in [4.78, 5) is 1.41. The molecule has 1 N–H and O–H groups in total. The Bertz CT molecular complexity index is 640. The molecular formula is C17H23BF2IN2O-. The van der Waals surface area contributed by atoms with Gasteiger partial charge >= 0.3 is 153 Å². The maximum absolute atomic E-state index is 13.0. The van der Waals surface area contributed by atoms with Crippen LogP contribution in [0.1, 0.15) is 33.3 Å². The molecule has 0 amide bonds. The van der Waals surface area contributed by atoms with Crippen molar-refractivity contribution in [1.29, 1.82) is 5.41 Å². The zero-order chi connectivity index (χ0) is 17.8. The van der Waals surface area contributed by atoms with Crippen molar-refractivity contribution in [2.24, 2.45) is 0 Å². The van der Waals surface area contributed by atoms with E-state index < -0.39 is 5.92 Å². The predicted molar refractivity (Wildman–Crippen MR) is 89.3 cm³/mol. The van der Waals surface area contributed by atoms with Gasteiger partial charge in [-0.25, -0.2) is 0 Å². The van der Waals surface area contributed by atoms with Crippen LogP contribution in [0.15, 0.2) is 24.3 Å².